The minimum absolute atomic E-state index is 0.735. The van der Waals surface area contributed by atoms with E-state index in [4.69, 9.17) is 0 Å². The van der Waals surface area contributed by atoms with Gasteiger partial charge >= 0.3 is 0 Å². The Morgan fingerprint density at radius 1 is 1.20 bits per heavy atom. The molecule has 0 spiro atoms. The van der Waals surface area contributed by atoms with Gasteiger partial charge in [0.25, 0.3) is 0 Å². The summed E-state index contributed by atoms with van der Waals surface area (Å²) in [6, 6.07) is 1.59. The van der Waals surface area contributed by atoms with E-state index < -0.39 is 0 Å². The van der Waals surface area contributed by atoms with Crippen molar-refractivity contribution in [3.8, 4) is 0 Å². The van der Waals surface area contributed by atoms with E-state index in [-0.39, 0.29) is 0 Å². The summed E-state index contributed by atoms with van der Waals surface area (Å²) in [4.78, 5) is 5.17. The van der Waals surface area contributed by atoms with Gasteiger partial charge in [0.1, 0.15) is 0 Å². The second kappa shape index (κ2) is 5.28. The fourth-order valence-electron chi connectivity index (χ4n) is 2.82. The Bertz CT molecular complexity index is 187. The average Bonchev–Trinajstić information content (AvgIpc) is 2.30. The molecule has 0 aliphatic carbocycles. The van der Waals surface area contributed by atoms with Gasteiger partial charge in [-0.3, -0.25) is 4.90 Å². The Morgan fingerprint density at radius 2 is 1.93 bits per heavy atom. The molecule has 0 aromatic carbocycles. The maximum atomic E-state index is 3.59. The van der Waals surface area contributed by atoms with Crippen LogP contribution < -0.4 is 5.32 Å². The fraction of sp³-hybridized carbons (Fsp3) is 1.00. The summed E-state index contributed by atoms with van der Waals surface area (Å²) in [7, 11) is 2.24. The van der Waals surface area contributed by atoms with Crippen LogP contribution in [0.4, 0.5) is 0 Å². The minimum Gasteiger partial charge on any atom is -0.311 e. The molecule has 1 unspecified atom stereocenters. The molecule has 0 amide bonds. The lowest BCUT2D eigenvalue weighted by Crippen LogP contribution is -2.55. The number of nitrogens with one attached hydrogen (secondary N) is 1. The SMILES string of the molecule is CCC1CN(C2CCN(C)CC2)CCN1. The number of hydrogen-bond acceptors (Lipinski definition) is 3. The van der Waals surface area contributed by atoms with Crippen LogP contribution in [0.1, 0.15) is 26.2 Å². The van der Waals surface area contributed by atoms with Gasteiger partial charge in [-0.1, -0.05) is 6.92 Å². The largest absolute Gasteiger partial charge is 0.311 e. The van der Waals surface area contributed by atoms with Crippen molar-refractivity contribution >= 4 is 0 Å². The van der Waals surface area contributed by atoms with Crippen LogP contribution in [-0.4, -0.2) is 61.7 Å². The number of piperidine rings is 1. The molecule has 1 N–H and O–H groups in total. The van der Waals surface area contributed by atoms with Crippen molar-refractivity contribution in [2.45, 2.75) is 38.3 Å². The van der Waals surface area contributed by atoms with E-state index in [1.165, 1.54) is 52.0 Å². The molecule has 0 radical (unpaired) electrons. The van der Waals surface area contributed by atoms with Crippen molar-refractivity contribution in [1.82, 2.24) is 15.1 Å². The zero-order valence-corrected chi connectivity index (χ0v) is 10.2. The third-order valence-electron chi connectivity index (χ3n) is 3.98. The smallest absolute Gasteiger partial charge is 0.0193 e. The molecule has 2 heterocycles. The zero-order valence-electron chi connectivity index (χ0n) is 10.2. The summed E-state index contributed by atoms with van der Waals surface area (Å²) >= 11 is 0. The standard InChI is InChI=1S/C12H25N3/c1-3-11-10-15(9-6-13-11)12-4-7-14(2)8-5-12/h11-13H,3-10H2,1-2H3. The van der Waals surface area contributed by atoms with Crippen LogP contribution in [0.3, 0.4) is 0 Å². The van der Waals surface area contributed by atoms with Gasteiger partial charge in [0, 0.05) is 31.7 Å². The molecular formula is C12H25N3. The molecule has 2 fully saturated rings. The normalized spacial score (nSPS) is 32.0. The summed E-state index contributed by atoms with van der Waals surface area (Å²) in [5.41, 5.74) is 0. The van der Waals surface area contributed by atoms with Gasteiger partial charge < -0.3 is 10.2 Å². The number of nitrogens with zero attached hydrogens (tertiary/aromatic N) is 2. The van der Waals surface area contributed by atoms with Crippen LogP contribution in [0.5, 0.6) is 0 Å². The second-order valence-corrected chi connectivity index (χ2v) is 5.09. The van der Waals surface area contributed by atoms with Crippen molar-refractivity contribution in [2.75, 3.05) is 39.8 Å². The van der Waals surface area contributed by atoms with E-state index in [1.54, 1.807) is 0 Å². The minimum atomic E-state index is 0.735. The first-order chi connectivity index (χ1) is 7.29. The van der Waals surface area contributed by atoms with Crippen LogP contribution in [0.15, 0.2) is 0 Å². The van der Waals surface area contributed by atoms with Gasteiger partial charge in [0.2, 0.25) is 0 Å². The lowest BCUT2D eigenvalue weighted by atomic mass is 10.0. The monoisotopic (exact) mass is 211 g/mol. The summed E-state index contributed by atoms with van der Waals surface area (Å²) in [6.45, 7) is 8.56. The molecule has 2 rings (SSSR count). The van der Waals surface area contributed by atoms with E-state index in [0.717, 1.165) is 12.1 Å². The van der Waals surface area contributed by atoms with E-state index in [1.807, 2.05) is 0 Å². The first-order valence-corrected chi connectivity index (χ1v) is 6.45. The van der Waals surface area contributed by atoms with Gasteiger partial charge in [-0.15, -0.1) is 0 Å². The van der Waals surface area contributed by atoms with Gasteiger partial charge in [-0.05, 0) is 39.4 Å². The molecule has 2 aliphatic rings. The van der Waals surface area contributed by atoms with E-state index in [2.05, 4.69) is 29.1 Å². The van der Waals surface area contributed by atoms with Crippen molar-refractivity contribution in [3.63, 3.8) is 0 Å². The van der Waals surface area contributed by atoms with Crippen molar-refractivity contribution in [3.05, 3.63) is 0 Å². The summed E-state index contributed by atoms with van der Waals surface area (Å²) in [6.07, 6.45) is 4.00. The molecule has 0 bridgehead atoms. The van der Waals surface area contributed by atoms with Crippen LogP contribution >= 0.6 is 0 Å². The molecule has 1 atom stereocenters. The van der Waals surface area contributed by atoms with Crippen LogP contribution in [0, 0.1) is 0 Å². The molecular weight excluding hydrogens is 186 g/mol. The van der Waals surface area contributed by atoms with Crippen molar-refractivity contribution < 1.29 is 0 Å². The third kappa shape index (κ3) is 2.92. The number of hydrogen-bond donors (Lipinski definition) is 1. The number of piperazine rings is 1. The molecule has 15 heavy (non-hydrogen) atoms. The quantitative estimate of drug-likeness (QED) is 0.728. The van der Waals surface area contributed by atoms with Crippen LogP contribution in [0.2, 0.25) is 0 Å². The molecule has 2 aliphatic heterocycles. The predicted octanol–water partition coefficient (Wildman–Crippen LogP) is 0.764. The summed E-state index contributed by atoms with van der Waals surface area (Å²) < 4.78 is 0. The summed E-state index contributed by atoms with van der Waals surface area (Å²) in [5.74, 6) is 0. The van der Waals surface area contributed by atoms with Crippen molar-refractivity contribution in [1.29, 1.82) is 0 Å². The van der Waals surface area contributed by atoms with E-state index in [0.29, 0.717) is 0 Å². The van der Waals surface area contributed by atoms with E-state index >= 15 is 0 Å². The molecule has 0 aromatic heterocycles. The molecule has 3 heteroatoms. The predicted molar refractivity (Wildman–Crippen MR) is 64.2 cm³/mol. The average molecular weight is 211 g/mol. The molecule has 0 saturated carbocycles. The Hall–Kier alpha value is -0.120. The van der Waals surface area contributed by atoms with Crippen molar-refractivity contribution in [2.24, 2.45) is 0 Å². The summed E-state index contributed by atoms with van der Waals surface area (Å²) in [5, 5.41) is 3.59. The Labute approximate surface area is 93.8 Å². The number of likely N-dealkylation sites (tertiary alicyclic amines) is 1. The van der Waals surface area contributed by atoms with Crippen LogP contribution in [0.25, 0.3) is 0 Å². The van der Waals surface area contributed by atoms with Gasteiger partial charge in [-0.2, -0.15) is 0 Å². The zero-order chi connectivity index (χ0) is 10.7. The first-order valence-electron chi connectivity index (χ1n) is 6.45. The maximum Gasteiger partial charge on any atom is 0.0193 e. The maximum absolute atomic E-state index is 3.59. The Kier molecular flexibility index (Phi) is 4.00. The highest BCUT2D eigenvalue weighted by Crippen LogP contribution is 2.17. The molecule has 2 saturated heterocycles. The first kappa shape index (κ1) is 11.4. The highest BCUT2D eigenvalue weighted by atomic mass is 15.2. The molecule has 88 valence electrons. The Balaban J connectivity index is 1.82. The highest BCUT2D eigenvalue weighted by molar-refractivity contribution is 4.85. The second-order valence-electron chi connectivity index (χ2n) is 5.09. The lowest BCUT2D eigenvalue weighted by Gasteiger charge is -2.42. The van der Waals surface area contributed by atoms with Gasteiger partial charge in [0.05, 0.1) is 0 Å². The number of rotatable bonds is 2. The van der Waals surface area contributed by atoms with E-state index in [9.17, 15) is 0 Å². The highest BCUT2D eigenvalue weighted by Gasteiger charge is 2.26. The van der Waals surface area contributed by atoms with Gasteiger partial charge in [0.15, 0.2) is 0 Å². The topological polar surface area (TPSA) is 18.5 Å². The molecule has 3 nitrogen and oxygen atoms in total. The van der Waals surface area contributed by atoms with Crippen LogP contribution in [-0.2, 0) is 0 Å². The molecule has 0 aromatic rings. The third-order valence-corrected chi connectivity index (χ3v) is 3.98. The van der Waals surface area contributed by atoms with Gasteiger partial charge in [-0.25, -0.2) is 0 Å². The lowest BCUT2D eigenvalue weighted by molar-refractivity contribution is 0.0911. The fourth-order valence-corrected chi connectivity index (χ4v) is 2.82. The Morgan fingerprint density at radius 3 is 2.60 bits per heavy atom.